The number of ether oxygens (including phenoxy) is 1. The van der Waals surface area contributed by atoms with Crippen molar-refractivity contribution >= 4 is 44.7 Å². The minimum absolute atomic E-state index is 0.0760. The first kappa shape index (κ1) is 14.2. The van der Waals surface area contributed by atoms with Crippen LogP contribution in [0.25, 0.3) is 0 Å². The van der Waals surface area contributed by atoms with Gasteiger partial charge < -0.3 is 15.7 Å². The number of halogens is 2. The van der Waals surface area contributed by atoms with E-state index in [9.17, 15) is 0 Å². The first-order valence-corrected chi connectivity index (χ1v) is 7.29. The molecule has 0 unspecified atom stereocenters. The van der Waals surface area contributed by atoms with Crippen molar-refractivity contribution in [3.05, 3.63) is 49.6 Å². The van der Waals surface area contributed by atoms with Gasteiger partial charge in [-0.1, -0.05) is 22.8 Å². The second-order valence-corrected chi connectivity index (χ2v) is 5.94. The van der Waals surface area contributed by atoms with E-state index in [1.165, 1.54) is 0 Å². The van der Waals surface area contributed by atoms with Gasteiger partial charge in [0.15, 0.2) is 5.84 Å². The van der Waals surface area contributed by atoms with E-state index in [4.69, 9.17) is 27.3 Å². The van der Waals surface area contributed by atoms with E-state index in [1.807, 2.05) is 11.4 Å². The van der Waals surface area contributed by atoms with Crippen LogP contribution in [0.4, 0.5) is 0 Å². The maximum Gasteiger partial charge on any atom is 0.175 e. The lowest BCUT2D eigenvalue weighted by molar-refractivity contribution is 0.306. The van der Waals surface area contributed by atoms with Crippen molar-refractivity contribution < 1.29 is 9.94 Å². The zero-order valence-corrected chi connectivity index (χ0v) is 12.8. The third-order valence-corrected chi connectivity index (χ3v) is 4.32. The van der Waals surface area contributed by atoms with Gasteiger partial charge in [0.2, 0.25) is 0 Å². The van der Waals surface area contributed by atoms with Crippen LogP contribution in [-0.2, 0) is 6.61 Å². The fourth-order valence-corrected chi connectivity index (χ4v) is 3.13. The summed E-state index contributed by atoms with van der Waals surface area (Å²) in [6, 6.07) is 7.10. The molecule has 2 rings (SSSR count). The van der Waals surface area contributed by atoms with Gasteiger partial charge in [0.1, 0.15) is 12.4 Å². The Hall–Kier alpha value is -1.24. The summed E-state index contributed by atoms with van der Waals surface area (Å²) >= 11 is 11.0. The van der Waals surface area contributed by atoms with Crippen molar-refractivity contribution in [3.63, 3.8) is 0 Å². The Labute approximate surface area is 127 Å². The molecule has 0 saturated heterocycles. The third kappa shape index (κ3) is 3.40. The molecule has 0 aliphatic heterocycles. The highest BCUT2D eigenvalue weighted by atomic mass is 79.9. The van der Waals surface area contributed by atoms with Gasteiger partial charge in [-0.05, 0) is 34.1 Å². The van der Waals surface area contributed by atoms with E-state index < -0.39 is 0 Å². The standard InChI is InChI=1S/C12H10BrClN2O2S/c13-7-4-8(19-6-7)5-18-10-3-1-2-9(14)11(10)12(15)16-17/h1-4,6,17H,5H2,(H2,15,16). The van der Waals surface area contributed by atoms with E-state index >= 15 is 0 Å². The molecule has 0 spiro atoms. The highest BCUT2D eigenvalue weighted by Gasteiger charge is 2.13. The van der Waals surface area contributed by atoms with Crippen LogP contribution in [0.5, 0.6) is 5.75 Å². The van der Waals surface area contributed by atoms with Crippen LogP contribution in [0.2, 0.25) is 5.02 Å². The Balaban J connectivity index is 2.23. The lowest BCUT2D eigenvalue weighted by Crippen LogP contribution is -2.15. The SMILES string of the molecule is N/C(=N/O)c1c(Cl)cccc1OCc1cc(Br)cs1. The number of rotatable bonds is 4. The Morgan fingerprint density at radius 2 is 2.32 bits per heavy atom. The van der Waals surface area contributed by atoms with Crippen LogP contribution in [0, 0.1) is 0 Å². The molecule has 0 amide bonds. The molecule has 7 heteroatoms. The van der Waals surface area contributed by atoms with Crippen molar-refractivity contribution in [2.45, 2.75) is 6.61 Å². The summed E-state index contributed by atoms with van der Waals surface area (Å²) in [5.41, 5.74) is 5.99. The van der Waals surface area contributed by atoms with Crippen LogP contribution in [0.15, 0.2) is 39.3 Å². The van der Waals surface area contributed by atoms with Crippen LogP contribution in [0.3, 0.4) is 0 Å². The Bertz CT molecular complexity index is 616. The second-order valence-electron chi connectivity index (χ2n) is 3.62. The van der Waals surface area contributed by atoms with Crippen molar-refractivity contribution in [1.29, 1.82) is 0 Å². The maximum atomic E-state index is 8.77. The normalized spacial score (nSPS) is 11.6. The van der Waals surface area contributed by atoms with Crippen LogP contribution in [-0.4, -0.2) is 11.0 Å². The Morgan fingerprint density at radius 3 is 2.95 bits per heavy atom. The van der Waals surface area contributed by atoms with Gasteiger partial charge in [-0.3, -0.25) is 0 Å². The summed E-state index contributed by atoms with van der Waals surface area (Å²) in [7, 11) is 0. The summed E-state index contributed by atoms with van der Waals surface area (Å²) in [5, 5.41) is 14.1. The number of oxime groups is 1. The van der Waals surface area contributed by atoms with E-state index in [0.717, 1.165) is 9.35 Å². The molecule has 0 aliphatic carbocycles. The number of amidine groups is 1. The van der Waals surface area contributed by atoms with E-state index in [2.05, 4.69) is 21.1 Å². The molecule has 3 N–H and O–H groups in total. The predicted octanol–water partition coefficient (Wildman–Crippen LogP) is 3.84. The van der Waals surface area contributed by atoms with Gasteiger partial charge in [0.25, 0.3) is 0 Å². The van der Waals surface area contributed by atoms with Crippen LogP contribution >= 0.6 is 38.9 Å². The smallest absolute Gasteiger partial charge is 0.175 e. The number of nitrogens with zero attached hydrogens (tertiary/aromatic N) is 1. The Kier molecular flexibility index (Phi) is 4.68. The van der Waals surface area contributed by atoms with Gasteiger partial charge in [-0.15, -0.1) is 11.3 Å². The van der Waals surface area contributed by atoms with Crippen molar-refractivity contribution in [2.75, 3.05) is 0 Å². The fourth-order valence-electron chi connectivity index (χ4n) is 1.50. The van der Waals surface area contributed by atoms with Gasteiger partial charge in [-0.2, -0.15) is 0 Å². The Morgan fingerprint density at radius 1 is 1.53 bits per heavy atom. The number of nitrogens with two attached hydrogens (primary N) is 1. The molecule has 4 nitrogen and oxygen atoms in total. The van der Waals surface area contributed by atoms with Crippen molar-refractivity contribution in [2.24, 2.45) is 10.9 Å². The molecule has 2 aromatic rings. The summed E-state index contributed by atoms with van der Waals surface area (Å²) < 4.78 is 6.69. The summed E-state index contributed by atoms with van der Waals surface area (Å²) in [4.78, 5) is 1.05. The average Bonchev–Trinajstić information content (AvgIpc) is 2.81. The number of hydrogen-bond acceptors (Lipinski definition) is 4. The molecule has 1 aromatic heterocycles. The molecule has 0 fully saturated rings. The first-order valence-electron chi connectivity index (χ1n) is 5.24. The van der Waals surface area contributed by atoms with Gasteiger partial charge in [0, 0.05) is 14.7 Å². The predicted molar refractivity (Wildman–Crippen MR) is 80.3 cm³/mol. The molecule has 0 aliphatic rings. The molecular formula is C12H10BrClN2O2S. The summed E-state index contributed by atoms with van der Waals surface area (Å²) in [6.07, 6.45) is 0. The molecule has 1 aromatic carbocycles. The first-order chi connectivity index (χ1) is 9.11. The van der Waals surface area contributed by atoms with Crippen LogP contribution < -0.4 is 10.5 Å². The van der Waals surface area contributed by atoms with E-state index in [1.54, 1.807) is 29.5 Å². The van der Waals surface area contributed by atoms with Gasteiger partial charge >= 0.3 is 0 Å². The van der Waals surface area contributed by atoms with E-state index in [0.29, 0.717) is 22.9 Å². The lowest BCUT2D eigenvalue weighted by Gasteiger charge is -2.11. The third-order valence-electron chi connectivity index (χ3n) is 2.33. The highest BCUT2D eigenvalue weighted by molar-refractivity contribution is 9.10. The largest absolute Gasteiger partial charge is 0.487 e. The number of hydrogen-bond donors (Lipinski definition) is 2. The van der Waals surface area contributed by atoms with E-state index in [-0.39, 0.29) is 5.84 Å². The molecule has 0 atom stereocenters. The molecular weight excluding hydrogens is 352 g/mol. The zero-order chi connectivity index (χ0) is 13.8. The fraction of sp³-hybridized carbons (Fsp3) is 0.0833. The molecule has 0 bridgehead atoms. The summed E-state index contributed by atoms with van der Waals surface area (Å²) in [5.74, 6) is 0.403. The molecule has 100 valence electrons. The van der Waals surface area contributed by atoms with Crippen molar-refractivity contribution in [1.82, 2.24) is 0 Å². The quantitative estimate of drug-likeness (QED) is 0.376. The lowest BCUT2D eigenvalue weighted by atomic mass is 10.2. The summed E-state index contributed by atoms with van der Waals surface area (Å²) in [6.45, 7) is 0.391. The minimum Gasteiger partial charge on any atom is -0.487 e. The second kappa shape index (κ2) is 6.27. The zero-order valence-electron chi connectivity index (χ0n) is 9.64. The minimum atomic E-state index is -0.0760. The highest BCUT2D eigenvalue weighted by Crippen LogP contribution is 2.28. The maximum absolute atomic E-state index is 8.77. The molecule has 19 heavy (non-hydrogen) atoms. The number of thiophene rings is 1. The van der Waals surface area contributed by atoms with Crippen molar-refractivity contribution in [3.8, 4) is 5.75 Å². The average molecular weight is 362 g/mol. The molecule has 0 radical (unpaired) electrons. The van der Waals surface area contributed by atoms with Gasteiger partial charge in [0.05, 0.1) is 10.6 Å². The van der Waals surface area contributed by atoms with Gasteiger partial charge in [-0.25, -0.2) is 0 Å². The topological polar surface area (TPSA) is 67.8 Å². The van der Waals surface area contributed by atoms with Crippen LogP contribution in [0.1, 0.15) is 10.4 Å². The molecule has 1 heterocycles. The number of benzene rings is 1. The molecule has 0 saturated carbocycles. The monoisotopic (exact) mass is 360 g/mol.